The van der Waals surface area contributed by atoms with Gasteiger partial charge < -0.3 is 10.8 Å². The lowest BCUT2D eigenvalue weighted by Crippen LogP contribution is -2.34. The van der Waals surface area contributed by atoms with E-state index in [1.807, 2.05) is 6.92 Å². The van der Waals surface area contributed by atoms with Gasteiger partial charge in [0, 0.05) is 25.8 Å². The summed E-state index contributed by atoms with van der Waals surface area (Å²) in [6.07, 6.45) is 5.35. The maximum absolute atomic E-state index is 12.6. The molecule has 0 aliphatic heterocycles. The number of hydrogen-bond donors (Lipinski definition) is 2. The highest BCUT2D eigenvalue weighted by atomic mass is 32.2. The molecule has 0 bridgehead atoms. The van der Waals surface area contributed by atoms with Crippen LogP contribution in [0.1, 0.15) is 39.5 Å². The number of nitrogen functional groups attached to an aromatic ring is 1. The lowest BCUT2D eigenvalue weighted by atomic mass is 10.2. The summed E-state index contributed by atoms with van der Waals surface area (Å²) in [4.78, 5) is 0.0216. The van der Waals surface area contributed by atoms with Crippen LogP contribution in [0.25, 0.3) is 0 Å². The molecule has 1 aromatic rings. The van der Waals surface area contributed by atoms with E-state index in [0.29, 0.717) is 13.1 Å². The van der Waals surface area contributed by atoms with E-state index in [1.165, 1.54) is 15.2 Å². The molecule has 0 saturated heterocycles. The van der Waals surface area contributed by atoms with Gasteiger partial charge in [-0.2, -0.15) is 9.40 Å². The topological polar surface area (TPSA) is 101 Å². The third-order valence-corrected chi connectivity index (χ3v) is 5.22. The number of aromatic nitrogens is 2. The summed E-state index contributed by atoms with van der Waals surface area (Å²) in [5.74, 6) is 0.00773. The van der Waals surface area contributed by atoms with Crippen molar-refractivity contribution in [2.75, 3.05) is 25.4 Å². The molecule has 0 atom stereocenters. The normalized spacial score (nSPS) is 12.2. The smallest absolute Gasteiger partial charge is 0.248 e. The van der Waals surface area contributed by atoms with Gasteiger partial charge in [0.05, 0.1) is 6.61 Å². The van der Waals surface area contributed by atoms with Gasteiger partial charge in [0.25, 0.3) is 0 Å². The van der Waals surface area contributed by atoms with Crippen molar-refractivity contribution < 1.29 is 13.5 Å². The van der Waals surface area contributed by atoms with Crippen LogP contribution in [0.3, 0.4) is 0 Å². The summed E-state index contributed by atoms with van der Waals surface area (Å²) in [6, 6.07) is 0. The molecule has 0 unspecified atom stereocenters. The Labute approximate surface area is 126 Å². The van der Waals surface area contributed by atoms with Crippen LogP contribution in [0.4, 0.5) is 5.82 Å². The van der Waals surface area contributed by atoms with Gasteiger partial charge in [0.1, 0.15) is 4.90 Å². The zero-order valence-corrected chi connectivity index (χ0v) is 13.6. The van der Waals surface area contributed by atoms with Gasteiger partial charge in [-0.15, -0.1) is 0 Å². The van der Waals surface area contributed by atoms with Gasteiger partial charge in [-0.1, -0.05) is 26.2 Å². The summed E-state index contributed by atoms with van der Waals surface area (Å²) >= 11 is 0. The fourth-order valence-electron chi connectivity index (χ4n) is 2.10. The van der Waals surface area contributed by atoms with E-state index in [-0.39, 0.29) is 23.9 Å². The lowest BCUT2D eigenvalue weighted by molar-refractivity contribution is 0.251. The Bertz CT molecular complexity index is 528. The molecule has 0 aliphatic carbocycles. The molecular formula is C13H26N4O3S. The molecular weight excluding hydrogens is 292 g/mol. The van der Waals surface area contributed by atoms with E-state index in [9.17, 15) is 8.42 Å². The third kappa shape index (κ3) is 4.69. The predicted molar refractivity (Wildman–Crippen MR) is 82.3 cm³/mol. The van der Waals surface area contributed by atoms with Gasteiger partial charge in [0.2, 0.25) is 10.0 Å². The molecule has 0 aliphatic rings. The third-order valence-electron chi connectivity index (χ3n) is 3.31. The van der Waals surface area contributed by atoms with Crippen LogP contribution < -0.4 is 5.73 Å². The first kappa shape index (κ1) is 17.9. The number of anilines is 1. The highest BCUT2D eigenvalue weighted by molar-refractivity contribution is 7.89. The van der Waals surface area contributed by atoms with Crippen molar-refractivity contribution in [3.8, 4) is 0 Å². The van der Waals surface area contributed by atoms with Crippen LogP contribution in [0.15, 0.2) is 11.1 Å². The maximum atomic E-state index is 12.6. The minimum Gasteiger partial charge on any atom is -0.395 e. The van der Waals surface area contributed by atoms with E-state index in [2.05, 4.69) is 12.0 Å². The molecule has 7 nitrogen and oxygen atoms in total. The van der Waals surface area contributed by atoms with Gasteiger partial charge in [0.15, 0.2) is 5.82 Å². The molecule has 0 aromatic carbocycles. The van der Waals surface area contributed by atoms with Crippen LogP contribution in [0.2, 0.25) is 0 Å². The molecule has 21 heavy (non-hydrogen) atoms. The summed E-state index contributed by atoms with van der Waals surface area (Å²) in [5, 5.41) is 13.1. The molecule has 0 fully saturated rings. The number of sulfonamides is 1. The van der Waals surface area contributed by atoms with E-state index < -0.39 is 10.0 Å². The zero-order valence-electron chi connectivity index (χ0n) is 12.8. The van der Waals surface area contributed by atoms with Crippen molar-refractivity contribution in [1.82, 2.24) is 14.1 Å². The molecule has 1 rings (SSSR count). The van der Waals surface area contributed by atoms with Crippen molar-refractivity contribution >= 4 is 15.8 Å². The van der Waals surface area contributed by atoms with E-state index >= 15 is 0 Å². The first-order chi connectivity index (χ1) is 9.97. The number of unbranched alkanes of at least 4 members (excludes halogenated alkanes) is 3. The summed E-state index contributed by atoms with van der Waals surface area (Å²) in [5.41, 5.74) is 5.71. The predicted octanol–water partition coefficient (Wildman–Crippen LogP) is 1.05. The van der Waals surface area contributed by atoms with E-state index in [4.69, 9.17) is 10.8 Å². The number of aryl methyl sites for hydroxylation is 1. The lowest BCUT2D eigenvalue weighted by Gasteiger charge is -2.20. The maximum Gasteiger partial charge on any atom is 0.248 e. The molecule has 1 aromatic heterocycles. The Kier molecular flexibility index (Phi) is 7.13. The van der Waals surface area contributed by atoms with Crippen LogP contribution >= 0.6 is 0 Å². The van der Waals surface area contributed by atoms with Crippen molar-refractivity contribution in [2.24, 2.45) is 0 Å². The minimum absolute atomic E-state index is 0.00773. The number of nitrogens with zero attached hydrogens (tertiary/aromatic N) is 3. The first-order valence-corrected chi connectivity index (χ1v) is 8.85. The van der Waals surface area contributed by atoms with Crippen molar-refractivity contribution in [1.29, 1.82) is 0 Å². The molecule has 0 radical (unpaired) electrons. The van der Waals surface area contributed by atoms with Crippen molar-refractivity contribution in [3.05, 3.63) is 6.20 Å². The first-order valence-electron chi connectivity index (χ1n) is 7.41. The van der Waals surface area contributed by atoms with Gasteiger partial charge in [-0.25, -0.2) is 8.42 Å². The molecule has 122 valence electrons. The van der Waals surface area contributed by atoms with Crippen LogP contribution in [0.5, 0.6) is 0 Å². The number of aliphatic hydroxyl groups excluding tert-OH is 1. The molecule has 8 heteroatoms. The fourth-order valence-corrected chi connectivity index (χ4v) is 3.63. The summed E-state index contributed by atoms with van der Waals surface area (Å²) in [7, 11) is -3.71. The molecule has 1 heterocycles. The standard InChI is InChI=1S/C13H26N4O3S/c1-3-5-6-7-8-17(9-10-18)21(19,20)12-11-16(4-2)15-13(12)14/h11,18H,3-10H2,1-2H3,(H2,14,15). The SMILES string of the molecule is CCCCCCN(CCO)S(=O)(=O)c1cn(CC)nc1N. The van der Waals surface area contributed by atoms with E-state index in [0.717, 1.165) is 25.7 Å². The second-order valence-electron chi connectivity index (χ2n) is 4.92. The second-order valence-corrected chi connectivity index (χ2v) is 6.83. The molecule has 0 spiro atoms. The van der Waals surface area contributed by atoms with Crippen molar-refractivity contribution in [2.45, 2.75) is 51.0 Å². The number of hydrogen-bond acceptors (Lipinski definition) is 5. The highest BCUT2D eigenvalue weighted by Crippen LogP contribution is 2.21. The highest BCUT2D eigenvalue weighted by Gasteiger charge is 2.28. The Morgan fingerprint density at radius 3 is 2.52 bits per heavy atom. The van der Waals surface area contributed by atoms with Crippen molar-refractivity contribution in [3.63, 3.8) is 0 Å². The second kappa shape index (κ2) is 8.35. The fraction of sp³-hybridized carbons (Fsp3) is 0.769. The average molecular weight is 318 g/mol. The van der Waals surface area contributed by atoms with Crippen LogP contribution in [-0.2, 0) is 16.6 Å². The van der Waals surface area contributed by atoms with Crippen LogP contribution in [0, 0.1) is 0 Å². The van der Waals surface area contributed by atoms with Gasteiger partial charge in [-0.05, 0) is 13.3 Å². The molecule has 0 saturated carbocycles. The van der Waals surface area contributed by atoms with Gasteiger partial charge in [-0.3, -0.25) is 4.68 Å². The number of aliphatic hydroxyl groups is 1. The van der Waals surface area contributed by atoms with E-state index in [1.54, 1.807) is 0 Å². The Balaban J connectivity index is 2.90. The Morgan fingerprint density at radius 1 is 1.29 bits per heavy atom. The summed E-state index contributed by atoms with van der Waals surface area (Å²) in [6.45, 7) is 4.76. The van der Waals surface area contributed by atoms with Gasteiger partial charge >= 0.3 is 0 Å². The number of rotatable bonds is 10. The quantitative estimate of drug-likeness (QED) is 0.628. The Hall–Kier alpha value is -1.12. The minimum atomic E-state index is -3.71. The monoisotopic (exact) mass is 318 g/mol. The van der Waals surface area contributed by atoms with Crippen LogP contribution in [-0.4, -0.2) is 47.3 Å². The summed E-state index contributed by atoms with van der Waals surface area (Å²) < 4.78 is 28.0. The largest absolute Gasteiger partial charge is 0.395 e. The Morgan fingerprint density at radius 2 is 2.00 bits per heavy atom. The molecule has 3 N–H and O–H groups in total. The average Bonchev–Trinajstić information content (AvgIpc) is 2.84. The number of nitrogens with two attached hydrogens (primary N) is 1. The zero-order chi connectivity index (χ0) is 15.9. The molecule has 0 amide bonds.